The van der Waals surface area contributed by atoms with Crippen LogP contribution in [0.25, 0.3) is 0 Å². The maximum atomic E-state index is 12.5. The van der Waals surface area contributed by atoms with Crippen LogP contribution in [0.15, 0.2) is 29.3 Å². The highest BCUT2D eigenvalue weighted by Crippen LogP contribution is 2.14. The summed E-state index contributed by atoms with van der Waals surface area (Å²) in [7, 11) is 1.96. The smallest absolute Gasteiger partial charge is 0.254 e. The Balaban J connectivity index is 1.69. The van der Waals surface area contributed by atoms with Crippen LogP contribution in [-0.4, -0.2) is 51.5 Å². The lowest BCUT2D eigenvalue weighted by molar-refractivity contribution is 0.0745. The second-order valence-corrected chi connectivity index (χ2v) is 5.53. The second kappa shape index (κ2) is 5.67. The fourth-order valence-electron chi connectivity index (χ4n) is 2.76. The molecule has 22 heavy (non-hydrogen) atoms. The van der Waals surface area contributed by atoms with E-state index in [1.165, 1.54) is 6.07 Å². The molecule has 1 saturated heterocycles. The van der Waals surface area contributed by atoms with Crippen molar-refractivity contribution in [2.24, 2.45) is 7.05 Å². The first-order chi connectivity index (χ1) is 10.5. The quantitative estimate of drug-likeness (QED) is 0.870. The van der Waals surface area contributed by atoms with Gasteiger partial charge in [0.05, 0.1) is 0 Å². The highest BCUT2D eigenvalue weighted by Gasteiger charge is 2.24. The van der Waals surface area contributed by atoms with E-state index in [9.17, 15) is 9.59 Å². The number of amides is 1. The van der Waals surface area contributed by atoms with Crippen molar-refractivity contribution < 1.29 is 4.79 Å². The normalized spacial score (nSPS) is 15.2. The average Bonchev–Trinajstić information content (AvgIpc) is 2.92. The highest BCUT2D eigenvalue weighted by molar-refractivity contribution is 5.94. The summed E-state index contributed by atoms with van der Waals surface area (Å²) in [6.45, 7) is 4.49. The maximum Gasteiger partial charge on any atom is 0.254 e. The van der Waals surface area contributed by atoms with Gasteiger partial charge < -0.3 is 19.4 Å². The van der Waals surface area contributed by atoms with Gasteiger partial charge in [-0.25, -0.2) is 4.98 Å². The molecule has 0 aromatic carbocycles. The zero-order valence-electron chi connectivity index (χ0n) is 12.7. The summed E-state index contributed by atoms with van der Waals surface area (Å²) < 4.78 is 1.97. The molecule has 1 aliphatic heterocycles. The van der Waals surface area contributed by atoms with Gasteiger partial charge in [0.15, 0.2) is 0 Å². The molecule has 2 aromatic heterocycles. The third-order valence-electron chi connectivity index (χ3n) is 3.87. The van der Waals surface area contributed by atoms with Gasteiger partial charge in [0.2, 0.25) is 11.5 Å². The van der Waals surface area contributed by atoms with Crippen LogP contribution in [0.5, 0.6) is 0 Å². The van der Waals surface area contributed by atoms with Crippen LogP contribution in [-0.2, 0) is 7.05 Å². The number of imidazole rings is 1. The lowest BCUT2D eigenvalue weighted by atomic mass is 10.2. The van der Waals surface area contributed by atoms with E-state index >= 15 is 0 Å². The summed E-state index contributed by atoms with van der Waals surface area (Å²) in [5, 5.41) is 0. The molecule has 3 rings (SSSR count). The molecule has 116 valence electrons. The molecule has 1 fully saturated rings. The zero-order valence-corrected chi connectivity index (χ0v) is 12.7. The van der Waals surface area contributed by atoms with Gasteiger partial charge >= 0.3 is 0 Å². The summed E-state index contributed by atoms with van der Waals surface area (Å²) >= 11 is 0. The summed E-state index contributed by atoms with van der Waals surface area (Å²) in [5.41, 5.74) is 0.907. The van der Waals surface area contributed by atoms with Gasteiger partial charge in [0.25, 0.3) is 5.91 Å². The van der Waals surface area contributed by atoms with Crippen LogP contribution in [0.3, 0.4) is 0 Å². The van der Waals surface area contributed by atoms with E-state index in [1.54, 1.807) is 24.1 Å². The summed E-state index contributed by atoms with van der Waals surface area (Å²) in [4.78, 5) is 34.9. The highest BCUT2D eigenvalue weighted by atomic mass is 16.2. The van der Waals surface area contributed by atoms with Gasteiger partial charge in [-0.2, -0.15) is 0 Å². The molecule has 1 aliphatic rings. The molecule has 0 spiro atoms. The van der Waals surface area contributed by atoms with Crippen LogP contribution in [0.2, 0.25) is 0 Å². The fraction of sp³-hybridized carbons (Fsp3) is 0.400. The molecule has 7 nitrogen and oxygen atoms in total. The summed E-state index contributed by atoms with van der Waals surface area (Å²) in [5.74, 6) is 0.827. The van der Waals surface area contributed by atoms with Crippen LogP contribution in [0, 0.1) is 6.92 Å². The van der Waals surface area contributed by atoms with Gasteiger partial charge in [-0.3, -0.25) is 9.59 Å². The van der Waals surface area contributed by atoms with E-state index in [0.717, 1.165) is 19.0 Å². The monoisotopic (exact) mass is 301 g/mol. The maximum absolute atomic E-state index is 12.5. The van der Waals surface area contributed by atoms with Crippen molar-refractivity contribution in [3.8, 4) is 0 Å². The zero-order chi connectivity index (χ0) is 15.7. The molecule has 2 aromatic rings. The standard InChI is InChI=1S/C15H19N5O2/c1-11-9-12(10-13(21)17-11)14(22)19-5-7-20(8-6-19)15-16-3-4-18(15)2/h3-4,9-10H,5-8H2,1-2H3,(H,17,21). The number of aromatic nitrogens is 3. The molecule has 0 radical (unpaired) electrons. The fourth-order valence-corrected chi connectivity index (χ4v) is 2.76. The Hall–Kier alpha value is -2.57. The lowest BCUT2D eigenvalue weighted by Gasteiger charge is -2.35. The number of piperazine rings is 1. The van der Waals surface area contributed by atoms with Crippen LogP contribution in [0.4, 0.5) is 5.95 Å². The summed E-state index contributed by atoms with van der Waals surface area (Å²) in [6, 6.07) is 3.08. The van der Waals surface area contributed by atoms with Crippen LogP contribution < -0.4 is 10.5 Å². The van der Waals surface area contributed by atoms with Crippen LogP contribution >= 0.6 is 0 Å². The van der Waals surface area contributed by atoms with Crippen molar-refractivity contribution in [3.63, 3.8) is 0 Å². The van der Waals surface area contributed by atoms with E-state index in [0.29, 0.717) is 24.3 Å². The number of H-pyrrole nitrogens is 1. The number of nitrogens with one attached hydrogen (secondary N) is 1. The minimum Gasteiger partial charge on any atom is -0.339 e. The number of carbonyl (C=O) groups excluding carboxylic acids is 1. The number of aryl methyl sites for hydroxylation is 2. The number of pyridine rings is 1. The van der Waals surface area contributed by atoms with Gasteiger partial charge in [-0.05, 0) is 13.0 Å². The van der Waals surface area contributed by atoms with Crippen molar-refractivity contribution >= 4 is 11.9 Å². The number of rotatable bonds is 2. The number of carbonyl (C=O) groups is 1. The topological polar surface area (TPSA) is 74.2 Å². The molecule has 1 amide bonds. The Morgan fingerprint density at radius 3 is 2.55 bits per heavy atom. The van der Waals surface area contributed by atoms with Gasteiger partial charge in [0.1, 0.15) is 0 Å². The van der Waals surface area contributed by atoms with Gasteiger partial charge in [-0.15, -0.1) is 0 Å². The molecular formula is C15H19N5O2. The van der Waals surface area contributed by atoms with E-state index in [4.69, 9.17) is 0 Å². The number of nitrogens with zero attached hydrogens (tertiary/aromatic N) is 4. The Morgan fingerprint density at radius 1 is 1.23 bits per heavy atom. The van der Waals surface area contributed by atoms with Crippen molar-refractivity contribution in [1.29, 1.82) is 0 Å². The van der Waals surface area contributed by atoms with Crippen molar-refractivity contribution in [1.82, 2.24) is 19.4 Å². The van der Waals surface area contributed by atoms with Crippen LogP contribution in [0.1, 0.15) is 16.1 Å². The van der Waals surface area contributed by atoms with Crippen molar-refractivity contribution in [2.45, 2.75) is 6.92 Å². The second-order valence-electron chi connectivity index (χ2n) is 5.53. The molecule has 0 saturated carbocycles. The lowest BCUT2D eigenvalue weighted by Crippen LogP contribution is -2.49. The van der Waals surface area contributed by atoms with E-state index in [-0.39, 0.29) is 11.5 Å². The summed E-state index contributed by atoms with van der Waals surface area (Å²) in [6.07, 6.45) is 3.68. The Morgan fingerprint density at radius 2 is 1.95 bits per heavy atom. The van der Waals surface area contributed by atoms with E-state index < -0.39 is 0 Å². The molecule has 0 unspecified atom stereocenters. The van der Waals surface area contributed by atoms with Gasteiger partial charge in [-0.1, -0.05) is 0 Å². The van der Waals surface area contributed by atoms with E-state index in [2.05, 4.69) is 14.9 Å². The van der Waals surface area contributed by atoms with E-state index in [1.807, 2.05) is 17.8 Å². The molecule has 3 heterocycles. The Bertz CT molecular complexity index is 740. The third kappa shape index (κ3) is 2.74. The molecule has 0 atom stereocenters. The molecule has 1 N–H and O–H groups in total. The van der Waals surface area contributed by atoms with Gasteiger partial charge in [0, 0.05) is 62.9 Å². The number of hydrogen-bond donors (Lipinski definition) is 1. The molecule has 0 aliphatic carbocycles. The minimum absolute atomic E-state index is 0.0892. The first-order valence-electron chi connectivity index (χ1n) is 7.27. The average molecular weight is 301 g/mol. The predicted octanol–water partition coefficient (Wildman–Crippen LogP) is 0.379. The minimum atomic E-state index is -0.241. The first-order valence-corrected chi connectivity index (χ1v) is 7.27. The molecule has 0 bridgehead atoms. The SMILES string of the molecule is Cc1cc(C(=O)N2CCN(c3nccn3C)CC2)cc(=O)[nH]1. The predicted molar refractivity (Wildman–Crippen MR) is 83.1 cm³/mol. The molecule has 7 heteroatoms. The largest absolute Gasteiger partial charge is 0.339 e. The Labute approximate surface area is 128 Å². The Kier molecular flexibility index (Phi) is 3.70. The number of hydrogen-bond acceptors (Lipinski definition) is 4. The number of aromatic amines is 1. The van der Waals surface area contributed by atoms with Crippen molar-refractivity contribution in [2.75, 3.05) is 31.1 Å². The number of anilines is 1. The first kappa shape index (κ1) is 14.4. The molecular weight excluding hydrogens is 282 g/mol. The van der Waals surface area contributed by atoms with Crippen molar-refractivity contribution in [3.05, 3.63) is 46.1 Å². The third-order valence-corrected chi connectivity index (χ3v) is 3.87.